The Morgan fingerprint density at radius 3 is 2.47 bits per heavy atom. The lowest BCUT2D eigenvalue weighted by molar-refractivity contribution is -0.0478. The number of hydrogen-bond acceptors (Lipinski definition) is 0. The molecule has 17 heavy (non-hydrogen) atoms. The first-order chi connectivity index (χ1) is 7.97. The van der Waals surface area contributed by atoms with Gasteiger partial charge >= 0.3 is 0 Å². The van der Waals surface area contributed by atoms with Crippen LogP contribution in [0.4, 0.5) is 0 Å². The molecule has 0 radical (unpaired) electrons. The van der Waals surface area contributed by atoms with Crippen LogP contribution in [0.2, 0.25) is 0 Å². The molecule has 2 bridgehead atoms. The monoisotopic (exact) mass is 230 g/mol. The number of rotatable bonds is 0. The molecule has 0 aromatic carbocycles. The highest BCUT2D eigenvalue weighted by molar-refractivity contribution is 5.33. The Morgan fingerprint density at radius 1 is 1.06 bits per heavy atom. The fourth-order valence-corrected chi connectivity index (χ4v) is 6.02. The average molecular weight is 230 g/mol. The molecule has 4 aliphatic rings. The van der Waals surface area contributed by atoms with Gasteiger partial charge in [0.1, 0.15) is 0 Å². The van der Waals surface area contributed by atoms with E-state index in [0.717, 1.165) is 23.2 Å². The quantitative estimate of drug-likeness (QED) is 0.524. The van der Waals surface area contributed by atoms with Crippen LogP contribution in [-0.4, -0.2) is 0 Å². The van der Waals surface area contributed by atoms with Crippen LogP contribution in [0.25, 0.3) is 0 Å². The standard InChI is InChI=1S/C17H26/c1-15(2,3)13-5-8-16-7-4-12(10-16)14-6-9-17(14,16)11-13/h6,9,12-14H,4-5,7-8,10-11H2,1-3H3/t12-,13-,14?,16-,17?/m1/s1. The first-order valence-electron chi connectivity index (χ1n) is 7.66. The predicted molar refractivity (Wildman–Crippen MR) is 71.6 cm³/mol. The van der Waals surface area contributed by atoms with Gasteiger partial charge in [-0.3, -0.25) is 0 Å². The Balaban J connectivity index is 1.71. The minimum atomic E-state index is 0.520. The van der Waals surface area contributed by atoms with E-state index in [1.807, 2.05) is 0 Å². The third-order valence-corrected chi connectivity index (χ3v) is 7.12. The van der Waals surface area contributed by atoms with Gasteiger partial charge in [0, 0.05) is 5.41 Å². The van der Waals surface area contributed by atoms with Crippen LogP contribution < -0.4 is 0 Å². The molecule has 0 saturated heterocycles. The highest BCUT2D eigenvalue weighted by Gasteiger charge is 2.69. The zero-order chi connectivity index (χ0) is 11.9. The van der Waals surface area contributed by atoms with Gasteiger partial charge < -0.3 is 0 Å². The highest BCUT2D eigenvalue weighted by Crippen LogP contribution is 2.77. The molecule has 2 spiro atoms. The molecule has 94 valence electrons. The third-order valence-electron chi connectivity index (χ3n) is 7.12. The van der Waals surface area contributed by atoms with Gasteiger partial charge in [-0.15, -0.1) is 0 Å². The summed E-state index contributed by atoms with van der Waals surface area (Å²) < 4.78 is 0. The van der Waals surface area contributed by atoms with Crippen molar-refractivity contribution < 1.29 is 0 Å². The summed E-state index contributed by atoms with van der Waals surface area (Å²) in [6.07, 6.45) is 14.4. The molecule has 3 fully saturated rings. The maximum atomic E-state index is 2.65. The molecule has 0 heterocycles. The second-order valence-corrected chi connectivity index (χ2v) is 8.51. The van der Waals surface area contributed by atoms with E-state index in [1.54, 1.807) is 12.8 Å². The van der Waals surface area contributed by atoms with Crippen molar-refractivity contribution in [2.45, 2.75) is 59.3 Å². The van der Waals surface area contributed by atoms with Gasteiger partial charge in [0.2, 0.25) is 0 Å². The number of hydrogen-bond donors (Lipinski definition) is 0. The second kappa shape index (κ2) is 2.83. The smallest absolute Gasteiger partial charge is 0.000654 e. The van der Waals surface area contributed by atoms with Gasteiger partial charge in [0.05, 0.1) is 0 Å². The van der Waals surface area contributed by atoms with E-state index in [1.165, 1.54) is 25.7 Å². The Labute approximate surface area is 106 Å². The first-order valence-corrected chi connectivity index (χ1v) is 7.66. The summed E-state index contributed by atoms with van der Waals surface area (Å²) in [6, 6.07) is 0. The summed E-state index contributed by atoms with van der Waals surface area (Å²) >= 11 is 0. The van der Waals surface area contributed by atoms with Crippen molar-refractivity contribution in [3.8, 4) is 0 Å². The van der Waals surface area contributed by atoms with Crippen molar-refractivity contribution in [1.82, 2.24) is 0 Å². The lowest BCUT2D eigenvalue weighted by Crippen LogP contribution is -2.51. The van der Waals surface area contributed by atoms with Crippen molar-refractivity contribution >= 4 is 0 Å². The summed E-state index contributed by atoms with van der Waals surface area (Å²) in [5.74, 6) is 3.01. The average Bonchev–Trinajstić information content (AvgIpc) is 2.66. The molecular weight excluding hydrogens is 204 g/mol. The normalized spacial score (nSPS) is 55.4. The van der Waals surface area contributed by atoms with Gasteiger partial charge in [-0.1, -0.05) is 32.9 Å². The van der Waals surface area contributed by atoms with Crippen LogP contribution in [0.15, 0.2) is 12.2 Å². The number of fused-ring (bicyclic) bond motifs is 2. The van der Waals surface area contributed by atoms with Crippen LogP contribution in [0.5, 0.6) is 0 Å². The van der Waals surface area contributed by atoms with E-state index < -0.39 is 0 Å². The SMILES string of the molecule is CC(C)(C)[C@@H]1CC[C@]23CC[C@H](C2)C2C=CC23C1. The lowest BCUT2D eigenvalue weighted by Gasteiger charge is -2.59. The van der Waals surface area contributed by atoms with Crippen molar-refractivity contribution in [3.05, 3.63) is 12.2 Å². The number of allylic oxidation sites excluding steroid dienone is 2. The fourth-order valence-electron chi connectivity index (χ4n) is 6.02. The maximum Gasteiger partial charge on any atom is 0.000654 e. The van der Waals surface area contributed by atoms with Crippen LogP contribution in [0.3, 0.4) is 0 Å². The molecule has 0 aromatic heterocycles. The van der Waals surface area contributed by atoms with Crippen molar-refractivity contribution in [3.63, 3.8) is 0 Å². The Hall–Kier alpha value is -0.260. The zero-order valence-corrected chi connectivity index (χ0v) is 11.6. The predicted octanol–water partition coefficient (Wildman–Crippen LogP) is 4.81. The molecule has 0 nitrogen and oxygen atoms in total. The molecule has 4 rings (SSSR count). The molecule has 3 saturated carbocycles. The molecule has 5 atom stereocenters. The van der Waals surface area contributed by atoms with Gasteiger partial charge in [-0.05, 0) is 67.1 Å². The van der Waals surface area contributed by atoms with Crippen molar-refractivity contribution in [2.24, 2.45) is 34.0 Å². The van der Waals surface area contributed by atoms with Gasteiger partial charge in [0.15, 0.2) is 0 Å². The van der Waals surface area contributed by atoms with E-state index in [0.29, 0.717) is 10.8 Å². The minimum Gasteiger partial charge on any atom is -0.0837 e. The molecule has 0 N–H and O–H groups in total. The summed E-state index contributed by atoms with van der Waals surface area (Å²) in [7, 11) is 0. The fraction of sp³-hybridized carbons (Fsp3) is 0.882. The van der Waals surface area contributed by atoms with E-state index in [2.05, 4.69) is 32.9 Å². The third kappa shape index (κ3) is 1.07. The van der Waals surface area contributed by atoms with E-state index in [-0.39, 0.29) is 0 Å². The Bertz CT molecular complexity index is 385. The lowest BCUT2D eigenvalue weighted by atomic mass is 9.45. The van der Waals surface area contributed by atoms with Crippen molar-refractivity contribution in [1.29, 1.82) is 0 Å². The topological polar surface area (TPSA) is 0 Å². The maximum absolute atomic E-state index is 2.65. The van der Waals surface area contributed by atoms with E-state index in [4.69, 9.17) is 0 Å². The van der Waals surface area contributed by atoms with Crippen LogP contribution in [0, 0.1) is 34.0 Å². The summed E-state index contributed by atoms with van der Waals surface area (Å²) in [6.45, 7) is 7.37. The summed E-state index contributed by atoms with van der Waals surface area (Å²) in [5, 5.41) is 0. The molecule has 0 amide bonds. The van der Waals surface area contributed by atoms with E-state index in [9.17, 15) is 0 Å². The molecule has 0 aromatic rings. The van der Waals surface area contributed by atoms with Crippen LogP contribution in [0.1, 0.15) is 59.3 Å². The van der Waals surface area contributed by atoms with Gasteiger partial charge in [-0.2, -0.15) is 0 Å². The van der Waals surface area contributed by atoms with Gasteiger partial charge in [0.25, 0.3) is 0 Å². The van der Waals surface area contributed by atoms with Crippen LogP contribution in [-0.2, 0) is 0 Å². The Morgan fingerprint density at radius 2 is 1.82 bits per heavy atom. The van der Waals surface area contributed by atoms with Crippen LogP contribution >= 0.6 is 0 Å². The molecule has 2 unspecified atom stereocenters. The summed E-state index contributed by atoms with van der Waals surface area (Å²) in [5.41, 5.74) is 1.96. The molecule has 0 heteroatoms. The zero-order valence-electron chi connectivity index (χ0n) is 11.6. The second-order valence-electron chi connectivity index (χ2n) is 8.51. The molecule has 4 aliphatic carbocycles. The molecule has 0 aliphatic heterocycles. The first kappa shape index (κ1) is 10.6. The van der Waals surface area contributed by atoms with Crippen molar-refractivity contribution in [2.75, 3.05) is 0 Å². The minimum absolute atomic E-state index is 0.520. The molecular formula is C17H26. The summed E-state index contributed by atoms with van der Waals surface area (Å²) in [4.78, 5) is 0. The van der Waals surface area contributed by atoms with Gasteiger partial charge in [-0.25, -0.2) is 0 Å². The Kier molecular flexibility index (Phi) is 1.77. The largest absolute Gasteiger partial charge is 0.0837 e. The van der Waals surface area contributed by atoms with E-state index >= 15 is 0 Å². The highest BCUT2D eigenvalue weighted by atomic mass is 14.7.